The van der Waals surface area contributed by atoms with Crippen molar-refractivity contribution in [1.82, 2.24) is 5.32 Å². The number of nitrogens with one attached hydrogen (secondary N) is 1. The molecule has 3 heteroatoms. The largest absolute Gasteiger partial charge is 0.490 e. The first kappa shape index (κ1) is 11.5. The zero-order chi connectivity index (χ0) is 11.1. The first-order chi connectivity index (χ1) is 7.27. The Bertz CT molecular complexity index is 357. The summed E-state index contributed by atoms with van der Waals surface area (Å²) >= 11 is 0. The Hall–Kier alpha value is -1.53. The highest BCUT2D eigenvalue weighted by Crippen LogP contribution is 2.18. The van der Waals surface area contributed by atoms with Crippen LogP contribution in [0, 0.1) is 18.2 Å². The summed E-state index contributed by atoms with van der Waals surface area (Å²) in [6.45, 7) is 0.986. The van der Waals surface area contributed by atoms with Crippen LogP contribution in [-0.2, 0) is 6.54 Å². The van der Waals surface area contributed by atoms with Crippen LogP contribution in [0.3, 0.4) is 0 Å². The zero-order valence-electron chi connectivity index (χ0n) is 8.72. The van der Waals surface area contributed by atoms with Gasteiger partial charge < -0.3 is 10.1 Å². The Morgan fingerprint density at radius 2 is 2.33 bits per heavy atom. The average molecular weight is 207 g/mol. The van der Waals surface area contributed by atoms with Gasteiger partial charge in [-0.2, -0.15) is 0 Å². The van der Waals surface area contributed by atoms with Gasteiger partial charge in [0, 0.05) is 13.0 Å². The molecule has 0 atom stereocenters. The van der Waals surface area contributed by atoms with Gasteiger partial charge in [-0.1, -0.05) is 6.07 Å². The molecule has 0 amide bonds. The molecule has 0 radical (unpaired) electrons. The Labute approximate surface area is 89.4 Å². The highest BCUT2D eigenvalue weighted by Gasteiger charge is 2.03. The van der Waals surface area contributed by atoms with E-state index in [1.54, 1.807) is 6.07 Å². The van der Waals surface area contributed by atoms with Crippen LogP contribution in [0.5, 0.6) is 5.75 Å². The van der Waals surface area contributed by atoms with E-state index in [0.717, 1.165) is 5.56 Å². The molecule has 0 aliphatic rings. The smallest absolute Gasteiger partial charge is 0.165 e. The van der Waals surface area contributed by atoms with Gasteiger partial charge >= 0.3 is 0 Å². The lowest BCUT2D eigenvalue weighted by molar-refractivity contribution is 0.310. The van der Waals surface area contributed by atoms with Gasteiger partial charge in [-0.05, 0) is 24.7 Å². The van der Waals surface area contributed by atoms with Crippen molar-refractivity contribution >= 4 is 0 Å². The quantitative estimate of drug-likeness (QED) is 0.588. The van der Waals surface area contributed by atoms with E-state index in [9.17, 15) is 4.39 Å². The number of halogens is 1. The predicted octanol–water partition coefficient (Wildman–Crippen LogP) is 1.95. The lowest BCUT2D eigenvalue weighted by Crippen LogP contribution is -2.06. The van der Waals surface area contributed by atoms with Gasteiger partial charge in [-0.15, -0.1) is 12.3 Å². The first-order valence-electron chi connectivity index (χ1n) is 4.77. The lowest BCUT2D eigenvalue weighted by atomic mass is 10.2. The number of terminal acetylenes is 1. The van der Waals surface area contributed by atoms with Crippen LogP contribution in [0.1, 0.15) is 12.0 Å². The van der Waals surface area contributed by atoms with Gasteiger partial charge in [0.2, 0.25) is 0 Å². The number of ether oxygens (including phenoxy) is 1. The van der Waals surface area contributed by atoms with E-state index in [2.05, 4.69) is 11.2 Å². The van der Waals surface area contributed by atoms with E-state index in [-0.39, 0.29) is 11.6 Å². The maximum atomic E-state index is 13.4. The number of hydrogen-bond donors (Lipinski definition) is 1. The Balaban J connectivity index is 2.62. The normalized spacial score (nSPS) is 9.67. The van der Waals surface area contributed by atoms with E-state index in [0.29, 0.717) is 19.6 Å². The molecule has 0 bridgehead atoms. The van der Waals surface area contributed by atoms with Gasteiger partial charge in [0.1, 0.15) is 0 Å². The summed E-state index contributed by atoms with van der Waals surface area (Å²) in [6.07, 6.45) is 5.55. The van der Waals surface area contributed by atoms with Gasteiger partial charge in [0.05, 0.1) is 6.61 Å². The second kappa shape index (κ2) is 6.05. The molecular formula is C12H14FNO. The molecular weight excluding hydrogens is 193 g/mol. The molecule has 1 aromatic carbocycles. The van der Waals surface area contributed by atoms with Gasteiger partial charge in [-0.25, -0.2) is 4.39 Å². The highest BCUT2D eigenvalue weighted by molar-refractivity contribution is 5.29. The summed E-state index contributed by atoms with van der Waals surface area (Å²) in [4.78, 5) is 0. The van der Waals surface area contributed by atoms with Crippen molar-refractivity contribution in [2.24, 2.45) is 0 Å². The van der Waals surface area contributed by atoms with E-state index in [1.165, 1.54) is 6.07 Å². The van der Waals surface area contributed by atoms with Crippen LogP contribution >= 0.6 is 0 Å². The van der Waals surface area contributed by atoms with E-state index in [4.69, 9.17) is 11.2 Å². The second-order valence-corrected chi connectivity index (χ2v) is 3.10. The molecule has 0 aliphatic carbocycles. The Morgan fingerprint density at radius 3 is 2.93 bits per heavy atom. The zero-order valence-corrected chi connectivity index (χ0v) is 8.72. The number of hydrogen-bond acceptors (Lipinski definition) is 2. The van der Waals surface area contributed by atoms with Gasteiger partial charge in [0.25, 0.3) is 0 Å². The molecule has 15 heavy (non-hydrogen) atoms. The molecule has 0 saturated heterocycles. The maximum Gasteiger partial charge on any atom is 0.165 e. The molecule has 1 rings (SSSR count). The van der Waals surface area contributed by atoms with Crippen LogP contribution in [0.25, 0.3) is 0 Å². The fraction of sp³-hybridized carbons (Fsp3) is 0.333. The van der Waals surface area contributed by atoms with Crippen molar-refractivity contribution in [3.05, 3.63) is 29.6 Å². The van der Waals surface area contributed by atoms with Crippen molar-refractivity contribution in [2.45, 2.75) is 13.0 Å². The summed E-state index contributed by atoms with van der Waals surface area (Å²) in [7, 11) is 1.81. The molecule has 80 valence electrons. The fourth-order valence-electron chi connectivity index (χ4n) is 1.20. The predicted molar refractivity (Wildman–Crippen MR) is 58.1 cm³/mol. The van der Waals surface area contributed by atoms with Crippen molar-refractivity contribution in [3.8, 4) is 18.1 Å². The first-order valence-corrected chi connectivity index (χ1v) is 4.77. The minimum Gasteiger partial charge on any atom is -0.490 e. The molecule has 0 aliphatic heterocycles. The molecule has 0 heterocycles. The maximum absolute atomic E-state index is 13.4. The van der Waals surface area contributed by atoms with Crippen LogP contribution in [-0.4, -0.2) is 13.7 Å². The summed E-state index contributed by atoms with van der Waals surface area (Å²) < 4.78 is 18.6. The van der Waals surface area contributed by atoms with Gasteiger partial charge in [-0.3, -0.25) is 0 Å². The standard InChI is InChI=1S/C12H14FNO/c1-3-4-7-15-12-6-5-10(9-14-2)8-11(12)13/h1,5-6,8,14H,4,7,9H2,2H3. The minimum absolute atomic E-state index is 0.255. The summed E-state index contributed by atoms with van der Waals surface area (Å²) in [5, 5.41) is 2.95. The molecule has 1 aromatic rings. The van der Waals surface area contributed by atoms with E-state index >= 15 is 0 Å². The molecule has 0 saturated carbocycles. The van der Waals surface area contributed by atoms with E-state index < -0.39 is 0 Å². The third-order valence-electron chi connectivity index (χ3n) is 1.88. The fourth-order valence-corrected chi connectivity index (χ4v) is 1.20. The van der Waals surface area contributed by atoms with Crippen LogP contribution in [0.2, 0.25) is 0 Å². The van der Waals surface area contributed by atoms with E-state index in [1.807, 2.05) is 13.1 Å². The third-order valence-corrected chi connectivity index (χ3v) is 1.88. The summed E-state index contributed by atoms with van der Waals surface area (Å²) in [5.41, 5.74) is 0.888. The lowest BCUT2D eigenvalue weighted by Gasteiger charge is -2.07. The minimum atomic E-state index is -0.347. The average Bonchev–Trinajstić information content (AvgIpc) is 2.22. The highest BCUT2D eigenvalue weighted by atomic mass is 19.1. The van der Waals surface area contributed by atoms with Gasteiger partial charge in [0.15, 0.2) is 11.6 Å². The second-order valence-electron chi connectivity index (χ2n) is 3.10. The molecule has 0 aromatic heterocycles. The van der Waals surface area contributed by atoms with Crippen LogP contribution in [0.15, 0.2) is 18.2 Å². The molecule has 2 nitrogen and oxygen atoms in total. The molecule has 0 fully saturated rings. The van der Waals surface area contributed by atoms with Crippen molar-refractivity contribution in [1.29, 1.82) is 0 Å². The number of benzene rings is 1. The third kappa shape index (κ3) is 3.61. The summed E-state index contributed by atoms with van der Waals surface area (Å²) in [6, 6.07) is 4.91. The molecule has 0 unspecified atom stereocenters. The van der Waals surface area contributed by atoms with Crippen molar-refractivity contribution in [2.75, 3.05) is 13.7 Å². The van der Waals surface area contributed by atoms with Crippen molar-refractivity contribution in [3.63, 3.8) is 0 Å². The molecule has 0 spiro atoms. The Kier molecular flexibility index (Phi) is 4.65. The van der Waals surface area contributed by atoms with Crippen molar-refractivity contribution < 1.29 is 9.13 Å². The monoisotopic (exact) mass is 207 g/mol. The number of rotatable bonds is 5. The SMILES string of the molecule is C#CCCOc1ccc(CNC)cc1F. The topological polar surface area (TPSA) is 21.3 Å². The van der Waals surface area contributed by atoms with Crippen LogP contribution in [0.4, 0.5) is 4.39 Å². The van der Waals surface area contributed by atoms with Crippen LogP contribution < -0.4 is 10.1 Å². The summed E-state index contributed by atoms with van der Waals surface area (Å²) in [5.74, 6) is 2.34. The Morgan fingerprint density at radius 1 is 1.53 bits per heavy atom. The molecule has 1 N–H and O–H groups in total.